The summed E-state index contributed by atoms with van der Waals surface area (Å²) in [5.74, 6) is -0.623. The fourth-order valence-electron chi connectivity index (χ4n) is 0.844. The highest BCUT2D eigenvalue weighted by atomic mass is 32.2. The quantitative estimate of drug-likeness (QED) is 0.755. The van der Waals surface area contributed by atoms with Crippen LogP contribution in [0.1, 0.15) is 20.8 Å². The van der Waals surface area contributed by atoms with Crippen molar-refractivity contribution in [3.8, 4) is 0 Å². The fraction of sp³-hybridized carbons (Fsp3) is 0.889. The number of rotatable bonds is 4. The molecule has 96 valence electrons. The lowest BCUT2D eigenvalue weighted by atomic mass is 9.87. The first-order valence-electron chi connectivity index (χ1n) is 4.78. The van der Waals surface area contributed by atoms with Crippen LogP contribution in [0, 0.1) is 5.41 Å². The third-order valence-electron chi connectivity index (χ3n) is 1.88. The summed E-state index contributed by atoms with van der Waals surface area (Å²) in [4.78, 5) is 11.4. The van der Waals surface area contributed by atoms with Gasteiger partial charge in [0.25, 0.3) is 0 Å². The molecule has 0 bridgehead atoms. The Morgan fingerprint density at radius 2 is 1.88 bits per heavy atom. The minimum atomic E-state index is -4.25. The van der Waals surface area contributed by atoms with Gasteiger partial charge in [-0.2, -0.15) is 13.2 Å². The summed E-state index contributed by atoms with van der Waals surface area (Å²) in [5.41, 5.74) is 0.967. The summed E-state index contributed by atoms with van der Waals surface area (Å²) in [6.45, 7) is 5.35. The van der Waals surface area contributed by atoms with Gasteiger partial charge in [-0.3, -0.25) is 4.79 Å². The number of amides is 1. The van der Waals surface area contributed by atoms with Gasteiger partial charge in [-0.05, 0) is 17.2 Å². The lowest BCUT2D eigenvalue weighted by Gasteiger charge is -2.25. The maximum atomic E-state index is 11.8. The first kappa shape index (κ1) is 15.6. The number of halogens is 3. The van der Waals surface area contributed by atoms with Crippen molar-refractivity contribution < 1.29 is 18.0 Å². The number of nitrogens with one attached hydrogen (secondary N) is 1. The van der Waals surface area contributed by atoms with Crippen molar-refractivity contribution >= 4 is 17.7 Å². The number of thioether (sulfide) groups is 1. The first-order chi connectivity index (χ1) is 7.04. The van der Waals surface area contributed by atoms with Crippen LogP contribution < -0.4 is 11.1 Å². The molecule has 7 heteroatoms. The minimum Gasteiger partial charge on any atom is -0.354 e. The lowest BCUT2D eigenvalue weighted by Crippen LogP contribution is -2.49. The van der Waals surface area contributed by atoms with Gasteiger partial charge in [-0.1, -0.05) is 20.8 Å². The van der Waals surface area contributed by atoms with Crippen molar-refractivity contribution in [1.29, 1.82) is 0 Å². The summed E-state index contributed by atoms with van der Waals surface area (Å²) in [5, 5.41) is 2.38. The monoisotopic (exact) mass is 258 g/mol. The fourth-order valence-corrected chi connectivity index (χ4v) is 1.28. The third-order valence-corrected chi connectivity index (χ3v) is 2.62. The van der Waals surface area contributed by atoms with Crippen molar-refractivity contribution in [3.63, 3.8) is 0 Å². The van der Waals surface area contributed by atoms with Crippen LogP contribution >= 0.6 is 11.8 Å². The van der Waals surface area contributed by atoms with E-state index in [0.29, 0.717) is 0 Å². The van der Waals surface area contributed by atoms with E-state index < -0.39 is 22.9 Å². The standard InChI is InChI=1S/C9H17F3N2OS/c1-8(2,3)6(13)7(15)14-4-5-16-9(10,11)12/h6H,4-5,13H2,1-3H3,(H,14,15). The van der Waals surface area contributed by atoms with E-state index in [0.717, 1.165) is 0 Å². The van der Waals surface area contributed by atoms with Gasteiger partial charge in [0.1, 0.15) is 0 Å². The Morgan fingerprint density at radius 3 is 2.25 bits per heavy atom. The molecule has 3 nitrogen and oxygen atoms in total. The summed E-state index contributed by atoms with van der Waals surface area (Å²) in [6.07, 6.45) is 0. The Balaban J connectivity index is 3.83. The van der Waals surface area contributed by atoms with Crippen LogP contribution in [0.2, 0.25) is 0 Å². The van der Waals surface area contributed by atoms with Gasteiger partial charge in [0.05, 0.1) is 6.04 Å². The van der Waals surface area contributed by atoms with Crippen molar-refractivity contribution in [3.05, 3.63) is 0 Å². The average Bonchev–Trinajstić information content (AvgIpc) is 2.07. The highest BCUT2D eigenvalue weighted by molar-refractivity contribution is 8.00. The zero-order chi connectivity index (χ0) is 13.0. The molecule has 1 amide bonds. The molecule has 1 unspecified atom stereocenters. The summed E-state index contributed by atoms with van der Waals surface area (Å²) in [7, 11) is 0. The molecule has 0 fully saturated rings. The van der Waals surface area contributed by atoms with Crippen LogP contribution in [0.25, 0.3) is 0 Å². The summed E-state index contributed by atoms with van der Waals surface area (Å²) >= 11 is -0.161. The molecular weight excluding hydrogens is 241 g/mol. The predicted molar refractivity (Wildman–Crippen MR) is 59.0 cm³/mol. The minimum absolute atomic E-state index is 0.0349. The molecule has 1 atom stereocenters. The molecule has 3 N–H and O–H groups in total. The zero-order valence-corrected chi connectivity index (χ0v) is 10.3. The Labute approximate surface area is 97.3 Å². The van der Waals surface area contributed by atoms with E-state index in [4.69, 9.17) is 5.73 Å². The van der Waals surface area contributed by atoms with E-state index in [-0.39, 0.29) is 24.1 Å². The Hall–Kier alpha value is -0.430. The van der Waals surface area contributed by atoms with Crippen LogP contribution in [0.3, 0.4) is 0 Å². The number of alkyl halides is 3. The topological polar surface area (TPSA) is 55.1 Å². The van der Waals surface area contributed by atoms with E-state index >= 15 is 0 Å². The molecule has 0 spiro atoms. The van der Waals surface area contributed by atoms with Crippen LogP contribution in [0.5, 0.6) is 0 Å². The Morgan fingerprint density at radius 1 is 1.38 bits per heavy atom. The molecule has 0 aromatic carbocycles. The second-order valence-corrected chi connectivity index (χ2v) is 5.59. The molecular formula is C9H17F3N2OS. The van der Waals surface area contributed by atoms with Gasteiger partial charge in [0.15, 0.2) is 0 Å². The molecule has 0 saturated carbocycles. The van der Waals surface area contributed by atoms with Gasteiger partial charge in [0, 0.05) is 12.3 Å². The lowest BCUT2D eigenvalue weighted by molar-refractivity contribution is -0.124. The van der Waals surface area contributed by atoms with Crippen LogP contribution in [-0.2, 0) is 4.79 Å². The first-order valence-corrected chi connectivity index (χ1v) is 5.76. The number of nitrogens with two attached hydrogens (primary N) is 1. The van der Waals surface area contributed by atoms with Gasteiger partial charge < -0.3 is 11.1 Å². The number of hydrogen-bond acceptors (Lipinski definition) is 3. The highest BCUT2D eigenvalue weighted by Crippen LogP contribution is 2.29. The molecule has 0 aliphatic carbocycles. The molecule has 0 aromatic heterocycles. The van der Waals surface area contributed by atoms with Gasteiger partial charge in [0.2, 0.25) is 5.91 Å². The van der Waals surface area contributed by atoms with E-state index in [2.05, 4.69) is 5.32 Å². The second-order valence-electron chi connectivity index (χ2n) is 4.43. The van der Waals surface area contributed by atoms with Gasteiger partial charge in [-0.25, -0.2) is 0 Å². The Bertz CT molecular complexity index is 238. The van der Waals surface area contributed by atoms with Crippen LogP contribution in [-0.4, -0.2) is 29.8 Å². The second kappa shape index (κ2) is 5.77. The predicted octanol–water partition coefficient (Wildman–Crippen LogP) is 1.73. The van der Waals surface area contributed by atoms with Crippen LogP contribution in [0.4, 0.5) is 13.2 Å². The van der Waals surface area contributed by atoms with Crippen LogP contribution in [0.15, 0.2) is 0 Å². The highest BCUT2D eigenvalue weighted by Gasteiger charge is 2.29. The molecule has 0 saturated heterocycles. The summed E-state index contributed by atoms with van der Waals surface area (Å²) in [6, 6.07) is -0.719. The molecule has 0 aliphatic heterocycles. The average molecular weight is 258 g/mol. The normalized spacial score (nSPS) is 14.7. The largest absolute Gasteiger partial charge is 0.441 e. The maximum Gasteiger partial charge on any atom is 0.441 e. The third kappa shape index (κ3) is 6.95. The van der Waals surface area contributed by atoms with E-state index in [1.54, 1.807) is 20.8 Å². The number of hydrogen-bond donors (Lipinski definition) is 2. The molecule has 0 rings (SSSR count). The SMILES string of the molecule is CC(C)(C)C(N)C(=O)NCCSC(F)(F)F. The van der Waals surface area contributed by atoms with E-state index in [1.807, 2.05) is 0 Å². The maximum absolute atomic E-state index is 11.8. The van der Waals surface area contributed by atoms with Crippen molar-refractivity contribution in [2.24, 2.45) is 11.1 Å². The Kier molecular flexibility index (Phi) is 5.61. The number of carbonyl (C=O) groups excluding carboxylic acids is 1. The molecule has 0 heterocycles. The molecule has 0 radical (unpaired) electrons. The smallest absolute Gasteiger partial charge is 0.354 e. The molecule has 0 aliphatic rings. The van der Waals surface area contributed by atoms with E-state index in [1.165, 1.54) is 0 Å². The van der Waals surface area contributed by atoms with Crippen molar-refractivity contribution in [1.82, 2.24) is 5.32 Å². The van der Waals surface area contributed by atoms with Crippen molar-refractivity contribution in [2.45, 2.75) is 32.3 Å². The number of carbonyl (C=O) groups is 1. The molecule has 0 aromatic rings. The molecule has 16 heavy (non-hydrogen) atoms. The van der Waals surface area contributed by atoms with Crippen molar-refractivity contribution in [2.75, 3.05) is 12.3 Å². The zero-order valence-electron chi connectivity index (χ0n) is 9.52. The summed E-state index contributed by atoms with van der Waals surface area (Å²) < 4.78 is 35.3. The van der Waals surface area contributed by atoms with E-state index in [9.17, 15) is 18.0 Å². The van der Waals surface area contributed by atoms with Gasteiger partial charge in [-0.15, -0.1) is 0 Å². The van der Waals surface area contributed by atoms with Gasteiger partial charge >= 0.3 is 5.51 Å².